The summed E-state index contributed by atoms with van der Waals surface area (Å²) >= 11 is 5.89. The Morgan fingerprint density at radius 2 is 1.68 bits per heavy atom. The molecule has 4 nitrogen and oxygen atoms in total. The minimum absolute atomic E-state index is 0.142. The highest BCUT2D eigenvalue weighted by atomic mass is 35.5. The largest absolute Gasteiger partial charge is 0.494 e. The van der Waals surface area contributed by atoms with E-state index in [0.717, 1.165) is 69.1 Å². The summed E-state index contributed by atoms with van der Waals surface area (Å²) in [6, 6.07) is 10.1. The average molecular weight is 585 g/mol. The standard InChI is InChI=1S/C36H53ClO4/c1-7-19-36(20-9-22-40-30-16-12-27(13-17-30)23-33(37)35(38)39)21-18-32-29(15-11-26(5)6)24-28(14-10-25(3)4)31(8-2)34(32)41-36/h12-13,16-17,24-26,33H,7-11,14-15,18-23H2,1-6H3,(H,38,39). The first kappa shape index (κ1) is 33.3. The lowest BCUT2D eigenvalue weighted by atomic mass is 9.79. The van der Waals surface area contributed by atoms with Crippen LogP contribution in [-0.2, 0) is 36.9 Å². The molecule has 0 aromatic heterocycles. The molecule has 2 aromatic carbocycles. The predicted molar refractivity (Wildman–Crippen MR) is 171 cm³/mol. The van der Waals surface area contributed by atoms with Crippen LogP contribution in [0, 0.1) is 11.8 Å². The molecule has 0 bridgehead atoms. The fourth-order valence-electron chi connectivity index (χ4n) is 6.13. The summed E-state index contributed by atoms with van der Waals surface area (Å²) in [5, 5.41) is 8.13. The van der Waals surface area contributed by atoms with E-state index in [1.54, 1.807) is 0 Å². The van der Waals surface area contributed by atoms with Gasteiger partial charge in [0.15, 0.2) is 0 Å². The Morgan fingerprint density at radius 3 is 2.27 bits per heavy atom. The van der Waals surface area contributed by atoms with Gasteiger partial charge >= 0.3 is 5.97 Å². The Bertz CT molecular complexity index is 1080. The van der Waals surface area contributed by atoms with Crippen LogP contribution in [0.5, 0.6) is 11.5 Å². The quantitative estimate of drug-likeness (QED) is 0.149. The first-order valence-corrected chi connectivity index (χ1v) is 16.4. The van der Waals surface area contributed by atoms with Crippen molar-refractivity contribution in [1.29, 1.82) is 0 Å². The molecule has 1 N–H and O–H groups in total. The zero-order valence-electron chi connectivity index (χ0n) is 26.4. The van der Waals surface area contributed by atoms with Crippen LogP contribution in [0.3, 0.4) is 0 Å². The molecule has 228 valence electrons. The summed E-state index contributed by atoms with van der Waals surface area (Å²) in [4.78, 5) is 11.0. The van der Waals surface area contributed by atoms with E-state index in [2.05, 4.69) is 47.6 Å². The lowest BCUT2D eigenvalue weighted by Crippen LogP contribution is -2.40. The number of carboxylic acids is 1. The number of carbonyl (C=O) groups is 1. The average Bonchev–Trinajstić information content (AvgIpc) is 2.93. The number of alkyl halides is 1. The van der Waals surface area contributed by atoms with Gasteiger partial charge in [-0.15, -0.1) is 11.6 Å². The molecule has 0 saturated carbocycles. The molecule has 1 heterocycles. The van der Waals surface area contributed by atoms with E-state index in [0.29, 0.717) is 24.9 Å². The number of hydrogen-bond acceptors (Lipinski definition) is 3. The normalized spacial score (nSPS) is 17.4. The number of ether oxygens (including phenoxy) is 2. The zero-order chi connectivity index (χ0) is 30.0. The van der Waals surface area contributed by atoms with Crippen LogP contribution in [0.1, 0.15) is 114 Å². The van der Waals surface area contributed by atoms with E-state index >= 15 is 0 Å². The van der Waals surface area contributed by atoms with Crippen LogP contribution in [0.25, 0.3) is 0 Å². The predicted octanol–water partition coefficient (Wildman–Crippen LogP) is 9.38. The maximum absolute atomic E-state index is 11.0. The second kappa shape index (κ2) is 15.9. The molecule has 3 rings (SSSR count). The molecule has 1 aliphatic heterocycles. The van der Waals surface area contributed by atoms with Crippen molar-refractivity contribution >= 4 is 17.6 Å². The van der Waals surface area contributed by atoms with E-state index in [9.17, 15) is 4.79 Å². The smallest absolute Gasteiger partial charge is 0.321 e. The third kappa shape index (κ3) is 9.66. The molecule has 0 spiro atoms. The number of hydrogen-bond donors (Lipinski definition) is 1. The van der Waals surface area contributed by atoms with E-state index in [4.69, 9.17) is 26.2 Å². The molecule has 2 atom stereocenters. The van der Waals surface area contributed by atoms with Gasteiger partial charge in [-0.25, -0.2) is 0 Å². The van der Waals surface area contributed by atoms with Crippen LogP contribution in [0.4, 0.5) is 0 Å². The maximum Gasteiger partial charge on any atom is 0.321 e. The Morgan fingerprint density at radius 1 is 1.02 bits per heavy atom. The summed E-state index contributed by atoms with van der Waals surface area (Å²) in [7, 11) is 0. The molecule has 5 heteroatoms. The number of carboxylic acid groups (broad SMARTS) is 1. The number of benzene rings is 2. The molecule has 0 radical (unpaired) electrons. The van der Waals surface area contributed by atoms with Crippen molar-refractivity contribution in [1.82, 2.24) is 0 Å². The van der Waals surface area contributed by atoms with Gasteiger partial charge in [-0.2, -0.15) is 0 Å². The van der Waals surface area contributed by atoms with Crippen LogP contribution < -0.4 is 9.47 Å². The van der Waals surface area contributed by atoms with Crippen molar-refractivity contribution in [3.05, 3.63) is 58.1 Å². The highest BCUT2D eigenvalue weighted by Gasteiger charge is 2.37. The minimum Gasteiger partial charge on any atom is -0.494 e. The molecule has 2 unspecified atom stereocenters. The third-order valence-electron chi connectivity index (χ3n) is 8.51. The highest BCUT2D eigenvalue weighted by molar-refractivity contribution is 6.29. The lowest BCUT2D eigenvalue weighted by Gasteiger charge is -2.41. The van der Waals surface area contributed by atoms with E-state index in [-0.39, 0.29) is 5.60 Å². The molecule has 41 heavy (non-hydrogen) atoms. The van der Waals surface area contributed by atoms with Crippen molar-refractivity contribution < 1.29 is 19.4 Å². The second-order valence-corrected chi connectivity index (χ2v) is 13.4. The topological polar surface area (TPSA) is 55.8 Å². The van der Waals surface area contributed by atoms with Gasteiger partial charge in [-0.3, -0.25) is 4.79 Å². The maximum atomic E-state index is 11.0. The fourth-order valence-corrected chi connectivity index (χ4v) is 6.31. The van der Waals surface area contributed by atoms with Crippen molar-refractivity contribution in [3.8, 4) is 11.5 Å². The van der Waals surface area contributed by atoms with E-state index < -0.39 is 11.3 Å². The van der Waals surface area contributed by atoms with Crippen molar-refractivity contribution in [2.45, 2.75) is 130 Å². The van der Waals surface area contributed by atoms with Crippen LogP contribution in [0.2, 0.25) is 0 Å². The minimum atomic E-state index is -0.995. The Balaban J connectivity index is 1.73. The SMILES string of the molecule is CCCC1(CCCOc2ccc(CC(Cl)C(=O)O)cc2)CCc2c(CCC(C)C)cc(CCC(C)C)c(CC)c2O1. The number of aliphatic carboxylic acids is 1. The number of halogens is 1. The van der Waals surface area contributed by atoms with Crippen molar-refractivity contribution in [2.24, 2.45) is 11.8 Å². The van der Waals surface area contributed by atoms with Gasteiger partial charge in [0.25, 0.3) is 0 Å². The Kier molecular flexibility index (Phi) is 12.9. The lowest BCUT2D eigenvalue weighted by molar-refractivity contribution is -0.136. The number of aryl methyl sites for hydroxylation is 2. The van der Waals surface area contributed by atoms with Crippen LogP contribution in [0.15, 0.2) is 30.3 Å². The van der Waals surface area contributed by atoms with E-state index in [1.165, 1.54) is 40.8 Å². The van der Waals surface area contributed by atoms with Crippen molar-refractivity contribution in [3.63, 3.8) is 0 Å². The monoisotopic (exact) mass is 584 g/mol. The summed E-state index contributed by atoms with van der Waals surface area (Å²) in [6.45, 7) is 14.5. The molecule has 0 amide bonds. The first-order chi connectivity index (χ1) is 19.6. The molecule has 1 aliphatic rings. The Hall–Kier alpha value is -2.20. The van der Waals surface area contributed by atoms with Gasteiger partial charge in [0, 0.05) is 0 Å². The summed E-state index contributed by atoms with van der Waals surface area (Å²) in [5.74, 6) is 2.39. The van der Waals surface area contributed by atoms with E-state index in [1.807, 2.05) is 24.3 Å². The molecule has 0 saturated heterocycles. The summed E-state index contributed by atoms with van der Waals surface area (Å²) < 4.78 is 13.3. The summed E-state index contributed by atoms with van der Waals surface area (Å²) in [5.41, 5.74) is 6.68. The second-order valence-electron chi connectivity index (χ2n) is 12.8. The number of fused-ring (bicyclic) bond motifs is 1. The van der Waals surface area contributed by atoms with Gasteiger partial charge in [0.1, 0.15) is 22.5 Å². The van der Waals surface area contributed by atoms with Gasteiger partial charge in [0.05, 0.1) is 6.61 Å². The summed E-state index contributed by atoms with van der Waals surface area (Å²) in [6.07, 6.45) is 12.2. The van der Waals surface area contributed by atoms with Gasteiger partial charge in [0.2, 0.25) is 0 Å². The molecular weight excluding hydrogens is 532 g/mol. The van der Waals surface area contributed by atoms with Crippen molar-refractivity contribution in [2.75, 3.05) is 6.61 Å². The van der Waals surface area contributed by atoms with Gasteiger partial charge in [-0.1, -0.05) is 66.2 Å². The highest BCUT2D eigenvalue weighted by Crippen LogP contribution is 2.44. The number of rotatable bonds is 17. The fraction of sp³-hybridized carbons (Fsp3) is 0.639. The third-order valence-corrected chi connectivity index (χ3v) is 8.85. The molecule has 0 aliphatic carbocycles. The van der Waals surface area contributed by atoms with Gasteiger partial charge < -0.3 is 14.6 Å². The first-order valence-electron chi connectivity index (χ1n) is 16.0. The zero-order valence-corrected chi connectivity index (χ0v) is 27.1. The Labute approximate surface area is 254 Å². The van der Waals surface area contributed by atoms with Crippen LogP contribution >= 0.6 is 11.6 Å². The molecular formula is C36H53ClO4. The van der Waals surface area contributed by atoms with Gasteiger partial charge in [-0.05, 0) is 122 Å². The molecule has 2 aromatic rings. The van der Waals surface area contributed by atoms with Crippen LogP contribution in [-0.4, -0.2) is 28.7 Å². The molecule has 0 fully saturated rings.